The lowest BCUT2D eigenvalue weighted by atomic mass is 9.96. The fourth-order valence-corrected chi connectivity index (χ4v) is 3.06. The van der Waals surface area contributed by atoms with Gasteiger partial charge in [0.15, 0.2) is 5.11 Å². The number of nitrogens with zero attached hydrogens (tertiary/aromatic N) is 2. The van der Waals surface area contributed by atoms with Crippen molar-refractivity contribution in [1.29, 1.82) is 0 Å². The third kappa shape index (κ3) is 3.08. The van der Waals surface area contributed by atoms with Gasteiger partial charge in [-0.3, -0.25) is 0 Å². The molecule has 2 aromatic rings. The number of benzene rings is 1. The van der Waals surface area contributed by atoms with Gasteiger partial charge in [-0.2, -0.15) is 0 Å². The molecular weight excluding hydrogens is 280 g/mol. The van der Waals surface area contributed by atoms with Crippen molar-refractivity contribution in [3.8, 4) is 0 Å². The van der Waals surface area contributed by atoms with E-state index in [2.05, 4.69) is 33.9 Å². The first-order valence-electron chi connectivity index (χ1n) is 7.36. The first kappa shape index (κ1) is 14.1. The lowest BCUT2D eigenvalue weighted by Crippen LogP contribution is -2.44. The molecule has 0 spiro atoms. The molecule has 0 atom stereocenters. The molecule has 2 heterocycles. The number of fused-ring (bicyclic) bond motifs is 1. The Bertz CT molecular complexity index is 608. The van der Waals surface area contributed by atoms with Crippen LogP contribution in [0.5, 0.6) is 0 Å². The van der Waals surface area contributed by atoms with Gasteiger partial charge < -0.3 is 15.2 Å². The molecule has 0 unspecified atom stereocenters. The van der Waals surface area contributed by atoms with Crippen LogP contribution >= 0.6 is 12.2 Å². The summed E-state index contributed by atoms with van der Waals surface area (Å²) in [6, 6.07) is 8.20. The summed E-state index contributed by atoms with van der Waals surface area (Å²) in [5.74, 6) is 1.61. The van der Waals surface area contributed by atoms with E-state index in [1.807, 2.05) is 18.2 Å². The average Bonchev–Trinajstić information content (AvgIpc) is 2.96. The minimum Gasteiger partial charge on any atom is -0.359 e. The van der Waals surface area contributed by atoms with Gasteiger partial charge in [0.05, 0.1) is 11.0 Å². The molecule has 21 heavy (non-hydrogen) atoms. The third-order valence-electron chi connectivity index (χ3n) is 3.97. The Morgan fingerprint density at radius 3 is 2.90 bits per heavy atom. The van der Waals surface area contributed by atoms with Crippen molar-refractivity contribution in [1.82, 2.24) is 20.2 Å². The van der Waals surface area contributed by atoms with E-state index < -0.39 is 0 Å². The zero-order valence-corrected chi connectivity index (χ0v) is 12.8. The van der Waals surface area contributed by atoms with E-state index in [-0.39, 0.29) is 0 Å². The summed E-state index contributed by atoms with van der Waals surface area (Å²) < 4.78 is 0. The van der Waals surface area contributed by atoms with Gasteiger partial charge >= 0.3 is 0 Å². The molecule has 110 valence electrons. The highest BCUT2D eigenvalue weighted by Crippen LogP contribution is 2.27. The van der Waals surface area contributed by atoms with Crippen molar-refractivity contribution in [3.05, 3.63) is 42.7 Å². The number of aromatic nitrogens is 2. The SMILES string of the molecule is C=CCNC(=S)N1CCC(c2nc3ccccc3[nH]2)CC1. The summed E-state index contributed by atoms with van der Waals surface area (Å²) in [4.78, 5) is 10.4. The van der Waals surface area contributed by atoms with E-state index in [1.54, 1.807) is 0 Å². The second-order valence-electron chi connectivity index (χ2n) is 5.38. The van der Waals surface area contributed by atoms with Gasteiger partial charge in [0, 0.05) is 25.6 Å². The molecule has 1 fully saturated rings. The number of hydrogen-bond donors (Lipinski definition) is 2. The Morgan fingerprint density at radius 1 is 1.43 bits per heavy atom. The second kappa shape index (κ2) is 6.26. The molecule has 2 N–H and O–H groups in total. The molecule has 0 amide bonds. The van der Waals surface area contributed by atoms with Gasteiger partial charge in [-0.1, -0.05) is 18.2 Å². The Morgan fingerprint density at radius 2 is 2.19 bits per heavy atom. The monoisotopic (exact) mass is 300 g/mol. The highest BCUT2D eigenvalue weighted by atomic mass is 32.1. The predicted octanol–water partition coefficient (Wildman–Crippen LogP) is 2.80. The van der Waals surface area contributed by atoms with Crippen LogP contribution in [0.15, 0.2) is 36.9 Å². The molecule has 1 aliphatic heterocycles. The first-order chi connectivity index (χ1) is 10.3. The van der Waals surface area contributed by atoms with Crippen molar-refractivity contribution >= 4 is 28.4 Å². The van der Waals surface area contributed by atoms with Crippen LogP contribution in [0.3, 0.4) is 0 Å². The van der Waals surface area contributed by atoms with Gasteiger partial charge in [-0.05, 0) is 37.2 Å². The molecule has 0 aliphatic carbocycles. The van der Waals surface area contributed by atoms with Crippen molar-refractivity contribution in [3.63, 3.8) is 0 Å². The smallest absolute Gasteiger partial charge is 0.169 e. The summed E-state index contributed by atoms with van der Waals surface area (Å²) in [6.45, 7) is 6.38. The van der Waals surface area contributed by atoms with Crippen LogP contribution in [0.25, 0.3) is 11.0 Å². The molecule has 3 rings (SSSR count). The third-order valence-corrected chi connectivity index (χ3v) is 4.38. The largest absolute Gasteiger partial charge is 0.359 e. The fraction of sp³-hybridized carbons (Fsp3) is 0.375. The Hall–Kier alpha value is -1.88. The predicted molar refractivity (Wildman–Crippen MR) is 90.4 cm³/mol. The van der Waals surface area contributed by atoms with Gasteiger partial charge in [-0.25, -0.2) is 4.98 Å². The average molecular weight is 300 g/mol. The summed E-state index contributed by atoms with van der Waals surface area (Å²) in [5.41, 5.74) is 2.18. The Labute approximate surface area is 130 Å². The second-order valence-corrected chi connectivity index (χ2v) is 5.76. The van der Waals surface area contributed by atoms with Crippen LogP contribution in [0.1, 0.15) is 24.6 Å². The molecule has 0 bridgehead atoms. The van der Waals surface area contributed by atoms with Crippen molar-refractivity contribution in [2.45, 2.75) is 18.8 Å². The maximum absolute atomic E-state index is 5.39. The number of aromatic amines is 1. The number of nitrogens with one attached hydrogen (secondary N) is 2. The lowest BCUT2D eigenvalue weighted by molar-refractivity contribution is 0.305. The van der Waals surface area contributed by atoms with Crippen LogP contribution in [-0.4, -0.2) is 39.6 Å². The molecule has 1 saturated heterocycles. The van der Waals surface area contributed by atoms with E-state index in [0.717, 1.165) is 54.4 Å². The molecule has 0 saturated carbocycles. The van der Waals surface area contributed by atoms with E-state index in [4.69, 9.17) is 17.2 Å². The minimum absolute atomic E-state index is 0.496. The van der Waals surface area contributed by atoms with Gasteiger partial charge in [0.25, 0.3) is 0 Å². The summed E-state index contributed by atoms with van der Waals surface area (Å²) in [5, 5.41) is 4.03. The highest BCUT2D eigenvalue weighted by molar-refractivity contribution is 7.80. The normalized spacial score (nSPS) is 16.1. The number of imidazole rings is 1. The van der Waals surface area contributed by atoms with Crippen molar-refractivity contribution in [2.24, 2.45) is 0 Å². The number of para-hydroxylation sites is 2. The maximum Gasteiger partial charge on any atom is 0.169 e. The van der Waals surface area contributed by atoms with Crippen LogP contribution in [0.4, 0.5) is 0 Å². The Balaban J connectivity index is 1.62. The number of hydrogen-bond acceptors (Lipinski definition) is 2. The van der Waals surface area contributed by atoms with Crippen LogP contribution in [0.2, 0.25) is 0 Å². The quantitative estimate of drug-likeness (QED) is 0.676. The van der Waals surface area contributed by atoms with Crippen LogP contribution in [0, 0.1) is 0 Å². The minimum atomic E-state index is 0.496. The summed E-state index contributed by atoms with van der Waals surface area (Å²) >= 11 is 5.39. The molecule has 4 nitrogen and oxygen atoms in total. The highest BCUT2D eigenvalue weighted by Gasteiger charge is 2.24. The fourth-order valence-electron chi connectivity index (χ4n) is 2.79. The van der Waals surface area contributed by atoms with E-state index in [9.17, 15) is 0 Å². The van der Waals surface area contributed by atoms with Gasteiger partial charge in [0.1, 0.15) is 5.82 Å². The molecule has 1 aromatic carbocycles. The van der Waals surface area contributed by atoms with Crippen LogP contribution in [-0.2, 0) is 0 Å². The zero-order valence-electron chi connectivity index (χ0n) is 12.0. The van der Waals surface area contributed by atoms with Crippen molar-refractivity contribution in [2.75, 3.05) is 19.6 Å². The van der Waals surface area contributed by atoms with Crippen LogP contribution < -0.4 is 5.32 Å². The topological polar surface area (TPSA) is 44.0 Å². The zero-order chi connectivity index (χ0) is 14.7. The summed E-state index contributed by atoms with van der Waals surface area (Å²) in [7, 11) is 0. The van der Waals surface area contributed by atoms with E-state index >= 15 is 0 Å². The lowest BCUT2D eigenvalue weighted by Gasteiger charge is -2.33. The standard InChI is InChI=1S/C16H20N4S/c1-2-9-17-16(21)20-10-7-12(8-11-20)15-18-13-5-3-4-6-14(13)19-15/h2-6,12H,1,7-11H2,(H,17,21)(H,18,19). The van der Waals surface area contributed by atoms with Crippen molar-refractivity contribution < 1.29 is 0 Å². The molecule has 1 aliphatic rings. The number of thiocarbonyl (C=S) groups is 1. The molecule has 5 heteroatoms. The number of rotatable bonds is 3. The number of likely N-dealkylation sites (tertiary alicyclic amines) is 1. The molecule has 0 radical (unpaired) electrons. The number of H-pyrrole nitrogens is 1. The maximum atomic E-state index is 5.39. The van der Waals surface area contributed by atoms with E-state index in [1.165, 1.54) is 0 Å². The molecular formula is C16H20N4S. The Kier molecular flexibility index (Phi) is 4.20. The van der Waals surface area contributed by atoms with Gasteiger partial charge in [0.2, 0.25) is 0 Å². The molecule has 1 aromatic heterocycles. The van der Waals surface area contributed by atoms with E-state index in [0.29, 0.717) is 5.92 Å². The van der Waals surface area contributed by atoms with Gasteiger partial charge in [-0.15, -0.1) is 6.58 Å². The first-order valence-corrected chi connectivity index (χ1v) is 7.77. The number of piperidine rings is 1. The summed E-state index contributed by atoms with van der Waals surface area (Å²) in [6.07, 6.45) is 3.99.